The summed E-state index contributed by atoms with van der Waals surface area (Å²) in [7, 11) is 0. The molecule has 0 aromatic carbocycles. The second-order valence-corrected chi connectivity index (χ2v) is 5.46. The topological polar surface area (TPSA) is 47.5 Å². The number of hydrogen-bond acceptors (Lipinski definition) is 5. The van der Waals surface area contributed by atoms with Crippen LogP contribution in [0.1, 0.15) is 34.1 Å². The summed E-state index contributed by atoms with van der Waals surface area (Å²) in [6, 6.07) is 0. The molecule has 19 heavy (non-hydrogen) atoms. The molecule has 1 atom stereocenters. The Morgan fingerprint density at radius 2 is 2.26 bits per heavy atom. The number of anilines is 1. The molecular weight excluding hydrogens is 242 g/mol. The van der Waals surface area contributed by atoms with E-state index in [2.05, 4.69) is 28.7 Å². The first-order chi connectivity index (χ1) is 9.02. The van der Waals surface area contributed by atoms with Crippen LogP contribution in [0.25, 0.3) is 0 Å². The Kier molecular flexibility index (Phi) is 4.24. The highest BCUT2D eigenvalue weighted by atomic mass is 16.5. The second kappa shape index (κ2) is 5.74. The lowest BCUT2D eigenvalue weighted by Crippen LogP contribution is -2.50. The van der Waals surface area contributed by atoms with Crippen molar-refractivity contribution in [3.63, 3.8) is 0 Å². The van der Waals surface area contributed by atoms with Crippen LogP contribution in [0.5, 0.6) is 5.88 Å². The maximum atomic E-state index is 5.84. The SMILES string of the molecule is CCC1(C)CN(c2cncc(OC(C)C)n2)CCO1. The molecule has 5 nitrogen and oxygen atoms in total. The minimum atomic E-state index is -0.102. The van der Waals surface area contributed by atoms with E-state index >= 15 is 0 Å². The summed E-state index contributed by atoms with van der Waals surface area (Å²) in [5, 5.41) is 0. The van der Waals surface area contributed by atoms with Crippen LogP contribution in [0.4, 0.5) is 5.82 Å². The third kappa shape index (κ3) is 3.56. The van der Waals surface area contributed by atoms with Gasteiger partial charge in [-0.2, -0.15) is 4.98 Å². The average Bonchev–Trinajstić information content (AvgIpc) is 2.38. The first kappa shape index (κ1) is 14.1. The number of nitrogens with zero attached hydrogens (tertiary/aromatic N) is 3. The monoisotopic (exact) mass is 265 g/mol. The van der Waals surface area contributed by atoms with E-state index in [4.69, 9.17) is 9.47 Å². The van der Waals surface area contributed by atoms with Gasteiger partial charge in [-0.05, 0) is 27.2 Å². The first-order valence-corrected chi connectivity index (χ1v) is 6.90. The van der Waals surface area contributed by atoms with Gasteiger partial charge in [-0.3, -0.25) is 4.98 Å². The van der Waals surface area contributed by atoms with Crippen LogP contribution >= 0.6 is 0 Å². The van der Waals surface area contributed by atoms with Gasteiger partial charge in [0.2, 0.25) is 5.88 Å². The predicted molar refractivity (Wildman–Crippen MR) is 74.7 cm³/mol. The Hall–Kier alpha value is -1.36. The average molecular weight is 265 g/mol. The Bertz CT molecular complexity index is 425. The molecule has 1 saturated heterocycles. The van der Waals surface area contributed by atoms with Gasteiger partial charge in [-0.1, -0.05) is 6.92 Å². The van der Waals surface area contributed by atoms with Gasteiger partial charge in [-0.25, -0.2) is 0 Å². The highest BCUT2D eigenvalue weighted by molar-refractivity contribution is 5.38. The van der Waals surface area contributed by atoms with Crippen molar-refractivity contribution in [2.75, 3.05) is 24.6 Å². The summed E-state index contributed by atoms with van der Waals surface area (Å²) >= 11 is 0. The van der Waals surface area contributed by atoms with Gasteiger partial charge in [0.05, 0.1) is 30.7 Å². The number of hydrogen-bond donors (Lipinski definition) is 0. The zero-order chi connectivity index (χ0) is 13.9. The van der Waals surface area contributed by atoms with Crippen molar-refractivity contribution < 1.29 is 9.47 Å². The summed E-state index contributed by atoms with van der Waals surface area (Å²) < 4.78 is 11.4. The Morgan fingerprint density at radius 1 is 1.47 bits per heavy atom. The van der Waals surface area contributed by atoms with Crippen molar-refractivity contribution in [2.24, 2.45) is 0 Å². The molecule has 0 saturated carbocycles. The number of rotatable bonds is 4. The van der Waals surface area contributed by atoms with Crippen LogP contribution in [0.2, 0.25) is 0 Å². The quantitative estimate of drug-likeness (QED) is 0.835. The molecule has 5 heteroatoms. The van der Waals surface area contributed by atoms with Gasteiger partial charge in [-0.15, -0.1) is 0 Å². The third-order valence-electron chi connectivity index (χ3n) is 3.37. The van der Waals surface area contributed by atoms with E-state index in [1.54, 1.807) is 12.4 Å². The van der Waals surface area contributed by atoms with Crippen LogP contribution in [0.15, 0.2) is 12.4 Å². The molecule has 0 spiro atoms. The summed E-state index contributed by atoms with van der Waals surface area (Å²) in [6.07, 6.45) is 4.53. The fourth-order valence-electron chi connectivity index (χ4n) is 2.13. The van der Waals surface area contributed by atoms with Gasteiger partial charge < -0.3 is 14.4 Å². The standard InChI is InChI=1S/C14H23N3O2/c1-5-14(4)10-17(6-7-18-14)12-8-15-9-13(16-12)19-11(2)3/h8-9,11H,5-7,10H2,1-4H3. The minimum Gasteiger partial charge on any atom is -0.474 e. The van der Waals surface area contributed by atoms with Crippen molar-refractivity contribution in [3.05, 3.63) is 12.4 Å². The largest absolute Gasteiger partial charge is 0.474 e. The molecular formula is C14H23N3O2. The zero-order valence-electron chi connectivity index (χ0n) is 12.2. The fraction of sp³-hybridized carbons (Fsp3) is 0.714. The molecule has 1 unspecified atom stereocenters. The Morgan fingerprint density at radius 3 is 2.95 bits per heavy atom. The van der Waals surface area contributed by atoms with Gasteiger partial charge >= 0.3 is 0 Å². The van der Waals surface area contributed by atoms with Gasteiger partial charge in [0.25, 0.3) is 0 Å². The minimum absolute atomic E-state index is 0.102. The molecule has 2 rings (SSSR count). The van der Waals surface area contributed by atoms with Crippen molar-refractivity contribution >= 4 is 5.82 Å². The second-order valence-electron chi connectivity index (χ2n) is 5.46. The van der Waals surface area contributed by atoms with Crippen LogP contribution in [0.3, 0.4) is 0 Å². The van der Waals surface area contributed by atoms with Gasteiger partial charge in [0.15, 0.2) is 5.82 Å². The number of aromatic nitrogens is 2. The molecule has 2 heterocycles. The smallest absolute Gasteiger partial charge is 0.234 e. The Labute approximate surface area is 115 Å². The van der Waals surface area contributed by atoms with E-state index in [0.29, 0.717) is 5.88 Å². The molecule has 1 aromatic heterocycles. The van der Waals surface area contributed by atoms with Crippen molar-refractivity contribution in [2.45, 2.75) is 45.8 Å². The van der Waals surface area contributed by atoms with E-state index in [-0.39, 0.29) is 11.7 Å². The number of ether oxygens (including phenoxy) is 2. The lowest BCUT2D eigenvalue weighted by molar-refractivity contribution is -0.0443. The highest BCUT2D eigenvalue weighted by Crippen LogP contribution is 2.25. The molecule has 1 aliphatic heterocycles. The zero-order valence-corrected chi connectivity index (χ0v) is 12.2. The normalized spacial score (nSPS) is 23.7. The van der Waals surface area contributed by atoms with Crippen molar-refractivity contribution in [1.29, 1.82) is 0 Å². The van der Waals surface area contributed by atoms with E-state index in [1.807, 2.05) is 13.8 Å². The summed E-state index contributed by atoms with van der Waals surface area (Å²) in [5.41, 5.74) is -0.102. The van der Waals surface area contributed by atoms with Crippen molar-refractivity contribution in [3.8, 4) is 5.88 Å². The molecule has 0 radical (unpaired) electrons. The molecule has 106 valence electrons. The predicted octanol–water partition coefficient (Wildman–Crippen LogP) is 2.27. The molecule has 1 aliphatic rings. The van der Waals surface area contributed by atoms with Crippen LogP contribution < -0.4 is 9.64 Å². The summed E-state index contributed by atoms with van der Waals surface area (Å²) in [5.74, 6) is 1.44. The summed E-state index contributed by atoms with van der Waals surface area (Å²) in [4.78, 5) is 11.0. The maximum absolute atomic E-state index is 5.84. The van der Waals surface area contributed by atoms with Crippen LogP contribution in [-0.4, -0.2) is 41.4 Å². The van der Waals surface area contributed by atoms with E-state index in [0.717, 1.165) is 31.9 Å². The van der Waals surface area contributed by atoms with E-state index < -0.39 is 0 Å². The number of morpholine rings is 1. The van der Waals surface area contributed by atoms with E-state index in [9.17, 15) is 0 Å². The molecule has 0 amide bonds. The lowest BCUT2D eigenvalue weighted by atomic mass is 10.0. The molecule has 0 aliphatic carbocycles. The summed E-state index contributed by atoms with van der Waals surface area (Å²) in [6.45, 7) is 10.7. The molecule has 0 N–H and O–H groups in total. The molecule has 1 aromatic rings. The van der Waals surface area contributed by atoms with E-state index in [1.165, 1.54) is 0 Å². The van der Waals surface area contributed by atoms with Gasteiger partial charge in [0.1, 0.15) is 0 Å². The first-order valence-electron chi connectivity index (χ1n) is 6.90. The highest BCUT2D eigenvalue weighted by Gasteiger charge is 2.31. The third-order valence-corrected chi connectivity index (χ3v) is 3.37. The van der Waals surface area contributed by atoms with Crippen molar-refractivity contribution in [1.82, 2.24) is 9.97 Å². The Balaban J connectivity index is 2.12. The van der Waals surface area contributed by atoms with Gasteiger partial charge in [0, 0.05) is 13.1 Å². The fourth-order valence-corrected chi connectivity index (χ4v) is 2.13. The molecule has 1 fully saturated rings. The van der Waals surface area contributed by atoms with Crippen LogP contribution in [-0.2, 0) is 4.74 Å². The van der Waals surface area contributed by atoms with Crippen LogP contribution in [0, 0.1) is 0 Å². The maximum Gasteiger partial charge on any atom is 0.234 e. The molecule has 0 bridgehead atoms. The lowest BCUT2D eigenvalue weighted by Gasteiger charge is -2.40.